The number of halogens is 2. The molecule has 0 fully saturated rings. The minimum absolute atomic E-state index is 0. The number of ether oxygens (including phenoxy) is 1. The number of hydrogen-bond acceptors (Lipinski definition) is 3. The van der Waals surface area contributed by atoms with E-state index in [0.29, 0.717) is 11.3 Å². The number of hydrogen-bond donors (Lipinski definition) is 1. The third-order valence-corrected chi connectivity index (χ3v) is 2.35. The normalized spacial score (nSPS) is 9.37. The molecule has 0 unspecified atom stereocenters. The van der Waals surface area contributed by atoms with Crippen LogP contribution in [0.15, 0.2) is 42.7 Å². The van der Waals surface area contributed by atoms with Crippen LogP contribution in [0.25, 0.3) is 0 Å². The van der Waals surface area contributed by atoms with Gasteiger partial charge in [0.15, 0.2) is 11.6 Å². The summed E-state index contributed by atoms with van der Waals surface area (Å²) < 4.78 is 18.2. The standard InChI is InChI=1S/C13H11FN2O2.ClH/c1-18-12-3-2-10(8-11(12)14)16-13(17)9-4-6-15-7-5-9;/h2-8H,1H3,(H,16,17);1H. The van der Waals surface area contributed by atoms with Crippen LogP contribution >= 0.6 is 12.4 Å². The van der Waals surface area contributed by atoms with Crippen molar-refractivity contribution in [3.05, 3.63) is 54.1 Å². The highest BCUT2D eigenvalue weighted by Gasteiger charge is 2.08. The average Bonchev–Trinajstić information content (AvgIpc) is 2.40. The lowest BCUT2D eigenvalue weighted by Crippen LogP contribution is -2.11. The molecule has 1 heterocycles. The highest BCUT2D eigenvalue weighted by atomic mass is 35.5. The van der Waals surface area contributed by atoms with Gasteiger partial charge in [0.05, 0.1) is 7.11 Å². The summed E-state index contributed by atoms with van der Waals surface area (Å²) >= 11 is 0. The van der Waals surface area contributed by atoms with E-state index in [1.165, 1.54) is 31.6 Å². The van der Waals surface area contributed by atoms with Crippen LogP contribution < -0.4 is 10.1 Å². The van der Waals surface area contributed by atoms with E-state index >= 15 is 0 Å². The second-order valence-corrected chi connectivity index (χ2v) is 3.54. The number of nitrogens with zero attached hydrogens (tertiary/aromatic N) is 1. The molecule has 0 bridgehead atoms. The molecule has 6 heteroatoms. The Bertz CT molecular complexity index is 564. The van der Waals surface area contributed by atoms with Gasteiger partial charge in [-0.25, -0.2) is 4.39 Å². The topological polar surface area (TPSA) is 51.2 Å². The fourth-order valence-electron chi connectivity index (χ4n) is 1.45. The predicted molar refractivity (Wildman–Crippen MR) is 72.4 cm³/mol. The van der Waals surface area contributed by atoms with Crippen LogP contribution in [0.3, 0.4) is 0 Å². The SMILES string of the molecule is COc1ccc(NC(=O)c2ccncc2)cc1F.Cl. The van der Waals surface area contributed by atoms with Crippen molar-refractivity contribution in [3.63, 3.8) is 0 Å². The van der Waals surface area contributed by atoms with Gasteiger partial charge in [-0.05, 0) is 24.3 Å². The molecule has 0 saturated heterocycles. The van der Waals surface area contributed by atoms with Gasteiger partial charge in [0.25, 0.3) is 5.91 Å². The zero-order valence-corrected chi connectivity index (χ0v) is 10.9. The molecule has 1 amide bonds. The van der Waals surface area contributed by atoms with Crippen molar-refractivity contribution in [1.82, 2.24) is 4.98 Å². The molecule has 1 aromatic carbocycles. The van der Waals surface area contributed by atoms with Gasteiger partial charge in [-0.2, -0.15) is 0 Å². The molecule has 0 spiro atoms. The third kappa shape index (κ3) is 3.66. The molecule has 2 aromatic rings. The van der Waals surface area contributed by atoms with Gasteiger partial charge >= 0.3 is 0 Å². The first-order valence-corrected chi connectivity index (χ1v) is 5.25. The van der Waals surface area contributed by atoms with Crippen molar-refractivity contribution >= 4 is 24.0 Å². The van der Waals surface area contributed by atoms with Crippen LogP contribution in [0.4, 0.5) is 10.1 Å². The molecule has 0 aliphatic carbocycles. The summed E-state index contributed by atoms with van der Waals surface area (Å²) in [6, 6.07) is 7.39. The highest BCUT2D eigenvalue weighted by Crippen LogP contribution is 2.20. The van der Waals surface area contributed by atoms with E-state index in [9.17, 15) is 9.18 Å². The summed E-state index contributed by atoms with van der Waals surface area (Å²) in [5, 5.41) is 2.59. The molecule has 4 nitrogen and oxygen atoms in total. The summed E-state index contributed by atoms with van der Waals surface area (Å²) in [4.78, 5) is 15.6. The van der Waals surface area contributed by atoms with E-state index in [4.69, 9.17) is 4.74 Å². The predicted octanol–water partition coefficient (Wildman–Crippen LogP) is 2.90. The van der Waals surface area contributed by atoms with Gasteiger partial charge in [0.1, 0.15) is 0 Å². The minimum atomic E-state index is -0.523. The molecular weight excluding hydrogens is 271 g/mol. The third-order valence-electron chi connectivity index (χ3n) is 2.35. The molecule has 0 atom stereocenters. The Kier molecular flexibility index (Phi) is 5.26. The number of pyridine rings is 1. The van der Waals surface area contributed by atoms with E-state index in [0.717, 1.165) is 0 Å². The second kappa shape index (κ2) is 6.70. The molecule has 2 rings (SSSR count). The average molecular weight is 283 g/mol. The van der Waals surface area contributed by atoms with E-state index < -0.39 is 5.82 Å². The summed E-state index contributed by atoms with van der Waals surface area (Å²) in [6.45, 7) is 0. The van der Waals surface area contributed by atoms with Gasteiger partial charge in [-0.1, -0.05) is 0 Å². The van der Waals surface area contributed by atoms with Gasteiger partial charge in [-0.15, -0.1) is 12.4 Å². The number of carbonyl (C=O) groups is 1. The number of nitrogens with one attached hydrogen (secondary N) is 1. The number of aromatic nitrogens is 1. The van der Waals surface area contributed by atoms with Crippen LogP contribution in [0, 0.1) is 5.82 Å². The van der Waals surface area contributed by atoms with Crippen LogP contribution in [-0.4, -0.2) is 18.0 Å². The Morgan fingerprint density at radius 3 is 2.53 bits per heavy atom. The first kappa shape index (κ1) is 14.9. The van der Waals surface area contributed by atoms with E-state index in [2.05, 4.69) is 10.3 Å². The van der Waals surface area contributed by atoms with Gasteiger partial charge in [-0.3, -0.25) is 9.78 Å². The van der Waals surface area contributed by atoms with Crippen LogP contribution in [-0.2, 0) is 0 Å². The first-order chi connectivity index (χ1) is 8.70. The van der Waals surface area contributed by atoms with Crippen molar-refractivity contribution in [2.75, 3.05) is 12.4 Å². The molecular formula is C13H12ClFN2O2. The van der Waals surface area contributed by atoms with E-state index in [-0.39, 0.29) is 24.1 Å². The summed E-state index contributed by atoms with van der Waals surface area (Å²) in [6.07, 6.45) is 3.03. The number of methoxy groups -OCH3 is 1. The maximum atomic E-state index is 13.4. The number of carbonyl (C=O) groups excluding carboxylic acids is 1. The van der Waals surface area contributed by atoms with Gasteiger partial charge in [0, 0.05) is 29.7 Å². The van der Waals surface area contributed by atoms with Crippen molar-refractivity contribution in [1.29, 1.82) is 0 Å². The fourth-order valence-corrected chi connectivity index (χ4v) is 1.45. The molecule has 0 radical (unpaired) electrons. The lowest BCUT2D eigenvalue weighted by Gasteiger charge is -2.07. The smallest absolute Gasteiger partial charge is 0.255 e. The zero-order valence-electron chi connectivity index (χ0n) is 10.1. The Labute approximate surface area is 116 Å². The van der Waals surface area contributed by atoms with Crippen molar-refractivity contribution in [2.24, 2.45) is 0 Å². The van der Waals surface area contributed by atoms with Crippen molar-refractivity contribution < 1.29 is 13.9 Å². The number of rotatable bonds is 3. The van der Waals surface area contributed by atoms with Crippen molar-refractivity contribution in [2.45, 2.75) is 0 Å². The number of amides is 1. The van der Waals surface area contributed by atoms with E-state index in [1.807, 2.05) is 0 Å². The molecule has 19 heavy (non-hydrogen) atoms. The van der Waals surface area contributed by atoms with Gasteiger partial charge in [0.2, 0.25) is 0 Å². The van der Waals surface area contributed by atoms with Crippen LogP contribution in [0.5, 0.6) is 5.75 Å². The maximum absolute atomic E-state index is 13.4. The van der Waals surface area contributed by atoms with E-state index in [1.54, 1.807) is 18.2 Å². The summed E-state index contributed by atoms with van der Waals surface area (Å²) in [5.41, 5.74) is 0.830. The Morgan fingerprint density at radius 2 is 1.95 bits per heavy atom. The summed E-state index contributed by atoms with van der Waals surface area (Å²) in [5.74, 6) is -0.705. The van der Waals surface area contributed by atoms with Crippen LogP contribution in [0.1, 0.15) is 10.4 Å². The lowest BCUT2D eigenvalue weighted by molar-refractivity contribution is 0.102. The molecule has 0 saturated carbocycles. The largest absolute Gasteiger partial charge is 0.494 e. The molecule has 1 aromatic heterocycles. The molecule has 0 aliphatic heterocycles. The van der Waals surface area contributed by atoms with Crippen LogP contribution in [0.2, 0.25) is 0 Å². The highest BCUT2D eigenvalue weighted by molar-refractivity contribution is 6.04. The molecule has 0 aliphatic rings. The summed E-state index contributed by atoms with van der Waals surface area (Å²) in [7, 11) is 1.38. The molecule has 1 N–H and O–H groups in total. The number of anilines is 1. The lowest BCUT2D eigenvalue weighted by atomic mass is 10.2. The van der Waals surface area contributed by atoms with Gasteiger partial charge < -0.3 is 10.1 Å². The Hall–Kier alpha value is -2.14. The first-order valence-electron chi connectivity index (χ1n) is 5.25. The zero-order chi connectivity index (χ0) is 13.0. The second-order valence-electron chi connectivity index (χ2n) is 3.54. The minimum Gasteiger partial charge on any atom is -0.494 e. The Balaban J connectivity index is 0.00000180. The fraction of sp³-hybridized carbons (Fsp3) is 0.0769. The monoisotopic (exact) mass is 282 g/mol. The Morgan fingerprint density at radius 1 is 1.26 bits per heavy atom. The maximum Gasteiger partial charge on any atom is 0.255 e. The quantitative estimate of drug-likeness (QED) is 0.942. The molecule has 100 valence electrons. The van der Waals surface area contributed by atoms with Crippen molar-refractivity contribution in [3.8, 4) is 5.75 Å². The number of benzene rings is 1.